The van der Waals surface area contributed by atoms with Gasteiger partial charge in [0.15, 0.2) is 0 Å². The number of aromatic nitrogens is 1. The largest absolute Gasteiger partial charge is 0.367 e. The molecule has 0 unspecified atom stereocenters. The molecule has 0 aliphatic carbocycles. The third kappa shape index (κ3) is 1.63. The van der Waals surface area contributed by atoms with Gasteiger partial charge in [-0.2, -0.15) is 0 Å². The predicted octanol–water partition coefficient (Wildman–Crippen LogP) is 3.13. The number of benzene rings is 1. The molecular weight excluding hydrogens is 263 g/mol. The second-order valence-corrected chi connectivity index (χ2v) is 3.97. The van der Waals surface area contributed by atoms with Gasteiger partial charge in [0.05, 0.1) is 5.56 Å². The van der Waals surface area contributed by atoms with Crippen LogP contribution in [0.5, 0.6) is 0 Å². The van der Waals surface area contributed by atoms with Crippen molar-refractivity contribution in [3.05, 3.63) is 34.1 Å². The van der Waals surface area contributed by atoms with E-state index in [1.54, 1.807) is 19.1 Å². The maximum absolute atomic E-state index is 13.6. The highest BCUT2D eigenvalue weighted by molar-refractivity contribution is 9.10. The van der Waals surface area contributed by atoms with Gasteiger partial charge in [0.2, 0.25) is 5.88 Å². The van der Waals surface area contributed by atoms with Gasteiger partial charge in [-0.1, -0.05) is 11.2 Å². The second-order valence-electron chi connectivity index (χ2n) is 3.12. The van der Waals surface area contributed by atoms with Crippen LogP contribution in [0, 0.1) is 12.7 Å². The van der Waals surface area contributed by atoms with Crippen molar-refractivity contribution in [2.24, 2.45) is 0 Å². The van der Waals surface area contributed by atoms with Crippen LogP contribution in [-0.4, -0.2) is 5.16 Å². The Hall–Kier alpha value is -1.36. The van der Waals surface area contributed by atoms with E-state index < -0.39 is 0 Å². The number of hydrogen-bond donors (Lipinski definition) is 1. The summed E-state index contributed by atoms with van der Waals surface area (Å²) in [6, 6.07) is 4.72. The topological polar surface area (TPSA) is 52.0 Å². The number of rotatable bonds is 1. The van der Waals surface area contributed by atoms with E-state index in [1.807, 2.05) is 0 Å². The van der Waals surface area contributed by atoms with Crippen LogP contribution in [0.15, 0.2) is 27.2 Å². The highest BCUT2D eigenvalue weighted by Gasteiger charge is 2.17. The van der Waals surface area contributed by atoms with Crippen LogP contribution in [0.4, 0.5) is 10.3 Å². The first-order chi connectivity index (χ1) is 7.11. The van der Waals surface area contributed by atoms with Crippen molar-refractivity contribution >= 4 is 21.8 Å². The van der Waals surface area contributed by atoms with Crippen LogP contribution in [0.1, 0.15) is 5.56 Å². The average molecular weight is 271 g/mol. The molecule has 2 rings (SSSR count). The summed E-state index contributed by atoms with van der Waals surface area (Å²) in [5, 5.41) is 3.74. The first-order valence-corrected chi connectivity index (χ1v) is 5.06. The van der Waals surface area contributed by atoms with Crippen LogP contribution >= 0.6 is 15.9 Å². The minimum atomic E-state index is -0.360. The van der Waals surface area contributed by atoms with Crippen LogP contribution in [0.25, 0.3) is 11.3 Å². The Morgan fingerprint density at radius 1 is 1.47 bits per heavy atom. The fraction of sp³-hybridized carbons (Fsp3) is 0.100. The smallest absolute Gasteiger partial charge is 0.225 e. The summed E-state index contributed by atoms with van der Waals surface area (Å²) in [4.78, 5) is 0. The number of nitrogens with zero attached hydrogens (tertiary/aromatic N) is 1. The lowest BCUT2D eigenvalue weighted by Crippen LogP contribution is -1.89. The summed E-state index contributed by atoms with van der Waals surface area (Å²) in [5.41, 5.74) is 6.95. The fourth-order valence-corrected chi connectivity index (χ4v) is 1.84. The van der Waals surface area contributed by atoms with Gasteiger partial charge in [-0.15, -0.1) is 0 Å². The average Bonchev–Trinajstić information content (AvgIpc) is 2.49. The van der Waals surface area contributed by atoms with E-state index >= 15 is 0 Å². The van der Waals surface area contributed by atoms with Crippen molar-refractivity contribution in [2.45, 2.75) is 6.92 Å². The summed E-state index contributed by atoms with van der Waals surface area (Å²) >= 11 is 3.26. The predicted molar refractivity (Wildman–Crippen MR) is 58.7 cm³/mol. The molecule has 0 saturated carbocycles. The lowest BCUT2D eigenvalue weighted by molar-refractivity contribution is 0.438. The molecule has 0 aliphatic heterocycles. The third-order valence-corrected chi connectivity index (χ3v) is 2.82. The summed E-state index contributed by atoms with van der Waals surface area (Å²) in [5.74, 6) is -0.152. The van der Waals surface area contributed by atoms with Crippen molar-refractivity contribution < 1.29 is 8.91 Å². The van der Waals surface area contributed by atoms with Crippen LogP contribution in [0.2, 0.25) is 0 Å². The van der Waals surface area contributed by atoms with E-state index in [0.29, 0.717) is 21.3 Å². The van der Waals surface area contributed by atoms with Crippen molar-refractivity contribution in [2.75, 3.05) is 5.73 Å². The molecule has 0 atom stereocenters. The first-order valence-electron chi connectivity index (χ1n) is 4.27. The zero-order valence-electron chi connectivity index (χ0n) is 7.92. The normalized spacial score (nSPS) is 10.6. The van der Waals surface area contributed by atoms with Gasteiger partial charge in [0, 0.05) is 10.0 Å². The standard InChI is InChI=1S/C10H8BrFN2O/c1-5-9(14-15-10(5)13)8-6(11)3-2-4-7(8)12/h2-4H,13H2,1H3. The Morgan fingerprint density at radius 2 is 2.20 bits per heavy atom. The van der Waals surface area contributed by atoms with E-state index in [9.17, 15) is 4.39 Å². The van der Waals surface area contributed by atoms with Crippen LogP contribution < -0.4 is 5.73 Å². The molecule has 2 aromatic rings. The quantitative estimate of drug-likeness (QED) is 0.866. The second kappa shape index (κ2) is 3.66. The molecule has 0 saturated heterocycles. The van der Waals surface area contributed by atoms with Crippen molar-refractivity contribution in [1.29, 1.82) is 0 Å². The first kappa shape index (κ1) is 10.2. The number of hydrogen-bond acceptors (Lipinski definition) is 3. The van der Waals surface area contributed by atoms with Gasteiger partial charge < -0.3 is 10.3 Å². The Balaban J connectivity index is 2.69. The summed E-state index contributed by atoms with van der Waals surface area (Å²) in [7, 11) is 0. The molecule has 0 spiro atoms. The Kier molecular flexibility index (Phi) is 2.48. The molecular formula is C10H8BrFN2O. The molecule has 3 nitrogen and oxygen atoms in total. The molecule has 2 N–H and O–H groups in total. The van der Waals surface area contributed by atoms with E-state index in [0.717, 1.165) is 0 Å². The van der Waals surface area contributed by atoms with Crippen molar-refractivity contribution in [1.82, 2.24) is 5.16 Å². The van der Waals surface area contributed by atoms with Crippen molar-refractivity contribution in [3.63, 3.8) is 0 Å². The summed E-state index contributed by atoms with van der Waals surface area (Å²) < 4.78 is 19.0. The molecule has 78 valence electrons. The summed E-state index contributed by atoms with van der Waals surface area (Å²) in [6.45, 7) is 1.74. The SMILES string of the molecule is Cc1c(-c2c(F)cccc2Br)noc1N. The Bertz CT molecular complexity index is 490. The van der Waals surface area contributed by atoms with E-state index in [-0.39, 0.29) is 11.7 Å². The number of nitrogens with two attached hydrogens (primary N) is 1. The molecule has 15 heavy (non-hydrogen) atoms. The molecule has 0 aliphatic rings. The van der Waals surface area contributed by atoms with E-state index in [4.69, 9.17) is 10.3 Å². The van der Waals surface area contributed by atoms with Crippen molar-refractivity contribution in [3.8, 4) is 11.3 Å². The van der Waals surface area contributed by atoms with Gasteiger partial charge in [-0.3, -0.25) is 0 Å². The molecule has 5 heteroatoms. The highest BCUT2D eigenvalue weighted by atomic mass is 79.9. The fourth-order valence-electron chi connectivity index (χ4n) is 1.31. The number of halogens is 2. The summed E-state index contributed by atoms with van der Waals surface area (Å²) in [6.07, 6.45) is 0. The minimum Gasteiger partial charge on any atom is -0.367 e. The van der Waals surface area contributed by atoms with Gasteiger partial charge in [-0.05, 0) is 35.0 Å². The third-order valence-electron chi connectivity index (χ3n) is 2.16. The molecule has 0 bridgehead atoms. The Labute approximate surface area is 94.2 Å². The van der Waals surface area contributed by atoms with Gasteiger partial charge >= 0.3 is 0 Å². The molecule has 0 fully saturated rings. The van der Waals surface area contributed by atoms with E-state index in [2.05, 4.69) is 21.1 Å². The molecule has 1 heterocycles. The van der Waals surface area contributed by atoms with Gasteiger partial charge in [-0.25, -0.2) is 4.39 Å². The molecule has 0 amide bonds. The molecule has 1 aromatic carbocycles. The lowest BCUT2D eigenvalue weighted by atomic mass is 10.1. The highest BCUT2D eigenvalue weighted by Crippen LogP contribution is 2.33. The maximum atomic E-state index is 13.6. The monoisotopic (exact) mass is 270 g/mol. The maximum Gasteiger partial charge on any atom is 0.225 e. The number of nitrogen functional groups attached to an aromatic ring is 1. The zero-order valence-corrected chi connectivity index (χ0v) is 9.51. The number of anilines is 1. The zero-order chi connectivity index (χ0) is 11.0. The molecule has 1 aromatic heterocycles. The van der Waals surface area contributed by atoms with Gasteiger partial charge in [0.1, 0.15) is 11.5 Å². The van der Waals surface area contributed by atoms with E-state index in [1.165, 1.54) is 6.07 Å². The Morgan fingerprint density at radius 3 is 2.73 bits per heavy atom. The van der Waals surface area contributed by atoms with Crippen LogP contribution in [0.3, 0.4) is 0 Å². The minimum absolute atomic E-state index is 0.208. The van der Waals surface area contributed by atoms with Crippen LogP contribution in [-0.2, 0) is 0 Å². The molecule has 0 radical (unpaired) electrons. The van der Waals surface area contributed by atoms with Gasteiger partial charge in [0.25, 0.3) is 0 Å². The lowest BCUT2D eigenvalue weighted by Gasteiger charge is -2.02.